The van der Waals surface area contributed by atoms with Crippen LogP contribution in [0.25, 0.3) is 0 Å². The monoisotopic (exact) mass is 211 g/mol. The molecule has 0 radical (unpaired) electrons. The number of rotatable bonds is 6. The molecule has 1 aliphatic heterocycles. The van der Waals surface area contributed by atoms with Crippen LogP contribution in [0.15, 0.2) is 11.6 Å². The number of ether oxygens (including phenoxy) is 1. The van der Waals surface area contributed by atoms with Crippen molar-refractivity contribution in [2.24, 2.45) is 5.92 Å². The molecule has 1 heterocycles. The fraction of sp³-hybridized carbons (Fsp3) is 0.846. The van der Waals surface area contributed by atoms with Crippen molar-refractivity contribution in [3.8, 4) is 0 Å². The van der Waals surface area contributed by atoms with Gasteiger partial charge in [0.2, 0.25) is 0 Å². The fourth-order valence-electron chi connectivity index (χ4n) is 1.84. The van der Waals surface area contributed by atoms with Gasteiger partial charge in [0.1, 0.15) is 0 Å². The molecule has 0 aromatic rings. The Morgan fingerprint density at radius 1 is 1.53 bits per heavy atom. The average Bonchev–Trinajstić information content (AvgIpc) is 2.69. The van der Waals surface area contributed by atoms with Gasteiger partial charge in [-0.15, -0.1) is 0 Å². The Hall–Kier alpha value is -0.340. The van der Waals surface area contributed by atoms with E-state index in [2.05, 4.69) is 32.2 Å². The van der Waals surface area contributed by atoms with E-state index in [1.807, 2.05) is 0 Å². The van der Waals surface area contributed by atoms with Crippen LogP contribution in [-0.4, -0.2) is 25.8 Å². The summed E-state index contributed by atoms with van der Waals surface area (Å²) >= 11 is 0. The largest absolute Gasteiger partial charge is 0.374 e. The standard InChI is InChI=1S/C13H25NO/c1-4-7-14-10-12(11(2)3)9-13-6-5-8-15-13/h9,11,13-14H,4-8,10H2,1-3H3/b12-9+. The molecule has 2 nitrogen and oxygen atoms in total. The second-order valence-electron chi connectivity index (χ2n) is 4.62. The molecule has 1 rings (SSSR count). The molecule has 0 aromatic heterocycles. The Bertz CT molecular complexity index is 193. The van der Waals surface area contributed by atoms with Crippen molar-refractivity contribution >= 4 is 0 Å². The van der Waals surface area contributed by atoms with Gasteiger partial charge in [-0.25, -0.2) is 0 Å². The van der Waals surface area contributed by atoms with E-state index in [0.717, 1.165) is 19.7 Å². The van der Waals surface area contributed by atoms with Crippen LogP contribution >= 0.6 is 0 Å². The van der Waals surface area contributed by atoms with Gasteiger partial charge in [0, 0.05) is 13.2 Å². The summed E-state index contributed by atoms with van der Waals surface area (Å²) in [6.07, 6.45) is 6.33. The van der Waals surface area contributed by atoms with Crippen molar-refractivity contribution in [1.29, 1.82) is 0 Å². The molecule has 0 spiro atoms. The van der Waals surface area contributed by atoms with Crippen LogP contribution in [0.5, 0.6) is 0 Å². The summed E-state index contributed by atoms with van der Waals surface area (Å²) in [6, 6.07) is 0. The minimum absolute atomic E-state index is 0.380. The molecule has 2 heteroatoms. The maximum absolute atomic E-state index is 5.64. The lowest BCUT2D eigenvalue weighted by Gasteiger charge is -2.14. The summed E-state index contributed by atoms with van der Waals surface area (Å²) < 4.78 is 5.64. The van der Waals surface area contributed by atoms with Crippen molar-refractivity contribution < 1.29 is 4.74 Å². The molecule has 1 fully saturated rings. The van der Waals surface area contributed by atoms with Crippen LogP contribution < -0.4 is 5.32 Å². The van der Waals surface area contributed by atoms with Gasteiger partial charge in [0.05, 0.1) is 6.10 Å². The first-order chi connectivity index (χ1) is 7.24. The van der Waals surface area contributed by atoms with Crippen molar-refractivity contribution in [3.05, 3.63) is 11.6 Å². The average molecular weight is 211 g/mol. The van der Waals surface area contributed by atoms with Gasteiger partial charge in [-0.1, -0.05) is 32.4 Å². The highest BCUT2D eigenvalue weighted by atomic mass is 16.5. The van der Waals surface area contributed by atoms with Crippen molar-refractivity contribution in [1.82, 2.24) is 5.32 Å². The van der Waals surface area contributed by atoms with Gasteiger partial charge in [-0.05, 0) is 31.7 Å². The van der Waals surface area contributed by atoms with Gasteiger partial charge < -0.3 is 10.1 Å². The van der Waals surface area contributed by atoms with Crippen LogP contribution in [0.4, 0.5) is 0 Å². The zero-order valence-electron chi connectivity index (χ0n) is 10.4. The fourth-order valence-corrected chi connectivity index (χ4v) is 1.84. The lowest BCUT2D eigenvalue weighted by atomic mass is 10.0. The van der Waals surface area contributed by atoms with E-state index in [1.165, 1.54) is 24.8 Å². The van der Waals surface area contributed by atoms with Gasteiger partial charge in [-0.3, -0.25) is 0 Å². The maximum Gasteiger partial charge on any atom is 0.0759 e. The van der Waals surface area contributed by atoms with E-state index < -0.39 is 0 Å². The van der Waals surface area contributed by atoms with E-state index in [0.29, 0.717) is 12.0 Å². The highest BCUT2D eigenvalue weighted by molar-refractivity contribution is 5.10. The third-order valence-corrected chi connectivity index (χ3v) is 2.86. The zero-order chi connectivity index (χ0) is 11.1. The topological polar surface area (TPSA) is 21.3 Å². The number of hydrogen-bond donors (Lipinski definition) is 1. The van der Waals surface area contributed by atoms with Crippen molar-refractivity contribution in [2.45, 2.75) is 46.1 Å². The van der Waals surface area contributed by atoms with Crippen LogP contribution in [0, 0.1) is 5.92 Å². The lowest BCUT2D eigenvalue weighted by Crippen LogP contribution is -2.21. The SMILES string of the molecule is CCCNC/C(=C\C1CCCO1)C(C)C. The Kier molecular flexibility index (Phi) is 5.96. The van der Waals surface area contributed by atoms with E-state index in [-0.39, 0.29) is 0 Å². The quantitative estimate of drug-likeness (QED) is 0.539. The van der Waals surface area contributed by atoms with Gasteiger partial charge >= 0.3 is 0 Å². The molecule has 0 aliphatic carbocycles. The summed E-state index contributed by atoms with van der Waals surface area (Å²) in [5.41, 5.74) is 1.50. The second kappa shape index (κ2) is 7.02. The zero-order valence-corrected chi connectivity index (χ0v) is 10.4. The molecule has 88 valence electrons. The van der Waals surface area contributed by atoms with Crippen LogP contribution in [0.3, 0.4) is 0 Å². The molecular weight excluding hydrogens is 186 g/mol. The molecule has 1 aliphatic rings. The first-order valence-electron chi connectivity index (χ1n) is 6.27. The van der Waals surface area contributed by atoms with Crippen LogP contribution in [-0.2, 0) is 4.74 Å². The summed E-state index contributed by atoms with van der Waals surface area (Å²) in [5.74, 6) is 0.624. The van der Waals surface area contributed by atoms with Crippen molar-refractivity contribution in [2.75, 3.05) is 19.7 Å². The first kappa shape index (κ1) is 12.7. The molecule has 1 unspecified atom stereocenters. The summed E-state index contributed by atoms with van der Waals surface area (Å²) in [4.78, 5) is 0. The molecule has 1 N–H and O–H groups in total. The smallest absolute Gasteiger partial charge is 0.0759 e. The molecule has 0 amide bonds. The van der Waals surface area contributed by atoms with E-state index in [9.17, 15) is 0 Å². The maximum atomic E-state index is 5.64. The van der Waals surface area contributed by atoms with Gasteiger partial charge in [0.25, 0.3) is 0 Å². The third-order valence-electron chi connectivity index (χ3n) is 2.86. The molecule has 0 bridgehead atoms. The molecular formula is C13H25NO. The molecule has 1 atom stereocenters. The third kappa shape index (κ3) is 4.80. The Labute approximate surface area is 94.1 Å². The molecule has 0 saturated carbocycles. The van der Waals surface area contributed by atoms with E-state index >= 15 is 0 Å². The van der Waals surface area contributed by atoms with Crippen LogP contribution in [0.2, 0.25) is 0 Å². The summed E-state index contributed by atoms with van der Waals surface area (Å²) in [7, 11) is 0. The molecule has 15 heavy (non-hydrogen) atoms. The van der Waals surface area contributed by atoms with E-state index in [4.69, 9.17) is 4.74 Å². The predicted octanol–water partition coefficient (Wildman–Crippen LogP) is 2.75. The highest BCUT2D eigenvalue weighted by Crippen LogP contribution is 2.18. The minimum Gasteiger partial charge on any atom is -0.374 e. The summed E-state index contributed by atoms with van der Waals surface area (Å²) in [6.45, 7) is 9.78. The lowest BCUT2D eigenvalue weighted by molar-refractivity contribution is 0.144. The van der Waals surface area contributed by atoms with Gasteiger partial charge in [0.15, 0.2) is 0 Å². The normalized spacial score (nSPS) is 22.7. The second-order valence-corrected chi connectivity index (χ2v) is 4.62. The Morgan fingerprint density at radius 3 is 2.87 bits per heavy atom. The highest BCUT2D eigenvalue weighted by Gasteiger charge is 2.14. The predicted molar refractivity (Wildman–Crippen MR) is 65.1 cm³/mol. The van der Waals surface area contributed by atoms with Crippen molar-refractivity contribution in [3.63, 3.8) is 0 Å². The molecule has 1 saturated heterocycles. The molecule has 0 aromatic carbocycles. The van der Waals surface area contributed by atoms with Crippen LogP contribution in [0.1, 0.15) is 40.0 Å². The number of hydrogen-bond acceptors (Lipinski definition) is 2. The summed E-state index contributed by atoms with van der Waals surface area (Å²) in [5, 5.41) is 3.47. The number of nitrogens with one attached hydrogen (secondary N) is 1. The Morgan fingerprint density at radius 2 is 2.33 bits per heavy atom. The van der Waals surface area contributed by atoms with E-state index in [1.54, 1.807) is 0 Å². The Balaban J connectivity index is 2.40. The minimum atomic E-state index is 0.380. The van der Waals surface area contributed by atoms with Gasteiger partial charge in [-0.2, -0.15) is 0 Å². The first-order valence-corrected chi connectivity index (χ1v) is 6.27.